The zero-order valence-electron chi connectivity index (χ0n) is 6.98. The maximum Gasteiger partial charge on any atom is 0.249 e. The van der Waals surface area contributed by atoms with Crippen molar-refractivity contribution in [2.45, 2.75) is 0 Å². The Morgan fingerprint density at radius 1 is 1.38 bits per heavy atom. The minimum absolute atomic E-state index is 0.0417. The molecule has 0 aromatic heterocycles. The Labute approximate surface area is 89.8 Å². The molecule has 0 aliphatic carbocycles. The third kappa shape index (κ3) is 3.07. The van der Waals surface area contributed by atoms with Crippen molar-refractivity contribution in [1.82, 2.24) is 9.91 Å². The van der Waals surface area contributed by atoms with Crippen LogP contribution < -0.4 is 0 Å². The van der Waals surface area contributed by atoms with Crippen molar-refractivity contribution in [3.8, 4) is 0 Å². The molecule has 7 heteroatoms. The molecular weight excluding hydrogens is 289 g/mol. The van der Waals surface area contributed by atoms with Crippen molar-refractivity contribution in [2.75, 3.05) is 32.8 Å². The SMILES string of the molecule is O=NN1CCN(C(=O)COI)CC1. The third-order valence-electron chi connectivity index (χ3n) is 1.90. The summed E-state index contributed by atoms with van der Waals surface area (Å²) in [7, 11) is 0. The van der Waals surface area contributed by atoms with Crippen LogP contribution >= 0.6 is 23.0 Å². The highest BCUT2D eigenvalue weighted by molar-refractivity contribution is 14.1. The number of nitroso groups, excluding NO2 is 1. The first kappa shape index (κ1) is 10.6. The van der Waals surface area contributed by atoms with Gasteiger partial charge in [-0.05, 0) is 0 Å². The lowest BCUT2D eigenvalue weighted by molar-refractivity contribution is -0.134. The smallest absolute Gasteiger partial charge is 0.249 e. The molecule has 0 bridgehead atoms. The maximum absolute atomic E-state index is 11.3. The molecule has 1 aliphatic rings. The van der Waals surface area contributed by atoms with Crippen LogP contribution in [0.1, 0.15) is 0 Å². The van der Waals surface area contributed by atoms with Gasteiger partial charge in [0.1, 0.15) is 29.6 Å². The Hall–Kier alpha value is -0.440. The summed E-state index contributed by atoms with van der Waals surface area (Å²) >= 11 is 1.68. The molecule has 0 spiro atoms. The standard InChI is InChI=1S/C6H10IN3O3/c7-13-5-6(11)9-1-3-10(8-12)4-2-9/h1-5H2. The molecule has 1 aliphatic heterocycles. The Bertz CT molecular complexity index is 194. The summed E-state index contributed by atoms with van der Waals surface area (Å²) in [4.78, 5) is 23.0. The minimum atomic E-state index is -0.0417. The lowest BCUT2D eigenvalue weighted by atomic mass is 10.3. The monoisotopic (exact) mass is 299 g/mol. The van der Waals surface area contributed by atoms with Crippen molar-refractivity contribution >= 4 is 28.9 Å². The van der Waals surface area contributed by atoms with Crippen LogP contribution in [0.5, 0.6) is 0 Å². The van der Waals surface area contributed by atoms with Crippen LogP contribution in [-0.4, -0.2) is 48.6 Å². The third-order valence-corrected chi connectivity index (χ3v) is 2.21. The molecule has 1 saturated heterocycles. The van der Waals surface area contributed by atoms with Gasteiger partial charge in [0, 0.05) is 13.1 Å². The van der Waals surface area contributed by atoms with Gasteiger partial charge in [-0.15, -0.1) is 4.91 Å². The molecule has 1 heterocycles. The number of piperazine rings is 1. The number of halogens is 1. The van der Waals surface area contributed by atoms with Crippen molar-refractivity contribution in [2.24, 2.45) is 5.29 Å². The van der Waals surface area contributed by atoms with Gasteiger partial charge in [0.25, 0.3) is 0 Å². The first-order valence-corrected chi connectivity index (χ1v) is 4.75. The first-order valence-electron chi connectivity index (χ1n) is 3.87. The van der Waals surface area contributed by atoms with Crippen LogP contribution in [0, 0.1) is 4.91 Å². The second-order valence-electron chi connectivity index (χ2n) is 2.67. The van der Waals surface area contributed by atoms with Gasteiger partial charge in [-0.25, -0.2) is 0 Å². The van der Waals surface area contributed by atoms with Crippen LogP contribution in [0.15, 0.2) is 5.29 Å². The van der Waals surface area contributed by atoms with Crippen LogP contribution in [0.2, 0.25) is 0 Å². The number of rotatable bonds is 3. The van der Waals surface area contributed by atoms with Gasteiger partial charge in [-0.3, -0.25) is 9.80 Å². The molecule has 0 unspecified atom stereocenters. The molecule has 13 heavy (non-hydrogen) atoms. The summed E-state index contributed by atoms with van der Waals surface area (Å²) in [6.07, 6.45) is 0. The molecule has 0 aromatic carbocycles. The molecule has 0 saturated carbocycles. The first-order chi connectivity index (χ1) is 6.27. The summed E-state index contributed by atoms with van der Waals surface area (Å²) < 4.78 is 4.69. The van der Waals surface area contributed by atoms with Crippen LogP contribution in [0.25, 0.3) is 0 Å². The zero-order valence-corrected chi connectivity index (χ0v) is 9.14. The Kier molecular flexibility index (Phi) is 4.36. The van der Waals surface area contributed by atoms with Crippen molar-refractivity contribution < 1.29 is 7.86 Å². The summed E-state index contributed by atoms with van der Waals surface area (Å²) in [5, 5.41) is 4.21. The summed E-state index contributed by atoms with van der Waals surface area (Å²) in [6.45, 7) is 2.21. The molecule has 1 amide bonds. The van der Waals surface area contributed by atoms with E-state index in [0.29, 0.717) is 26.2 Å². The number of hydrogen-bond acceptors (Lipinski definition) is 4. The number of nitrogens with zero attached hydrogens (tertiary/aromatic N) is 3. The highest BCUT2D eigenvalue weighted by Gasteiger charge is 2.20. The van der Waals surface area contributed by atoms with Crippen molar-refractivity contribution in [3.05, 3.63) is 4.91 Å². The fraction of sp³-hybridized carbons (Fsp3) is 0.833. The molecule has 1 fully saturated rings. The normalized spacial score (nSPS) is 17.3. The average molecular weight is 299 g/mol. The fourth-order valence-electron chi connectivity index (χ4n) is 1.16. The van der Waals surface area contributed by atoms with E-state index in [2.05, 4.69) is 5.29 Å². The zero-order chi connectivity index (χ0) is 9.68. The van der Waals surface area contributed by atoms with Crippen LogP contribution in [0.3, 0.4) is 0 Å². The fourth-order valence-corrected chi connectivity index (χ4v) is 1.43. The topological polar surface area (TPSA) is 62.2 Å². The van der Waals surface area contributed by atoms with Gasteiger partial charge in [0.15, 0.2) is 0 Å². The lowest BCUT2D eigenvalue weighted by Crippen LogP contribution is -2.47. The highest BCUT2D eigenvalue weighted by Crippen LogP contribution is 2.02. The lowest BCUT2D eigenvalue weighted by Gasteiger charge is -2.30. The van der Waals surface area contributed by atoms with Gasteiger partial charge in [-0.2, -0.15) is 0 Å². The Morgan fingerprint density at radius 2 is 2.00 bits per heavy atom. The predicted molar refractivity (Wildman–Crippen MR) is 53.9 cm³/mol. The predicted octanol–water partition coefficient (Wildman–Crippen LogP) is 0.179. The molecule has 6 nitrogen and oxygen atoms in total. The van der Waals surface area contributed by atoms with Gasteiger partial charge in [0.05, 0.1) is 18.4 Å². The van der Waals surface area contributed by atoms with Gasteiger partial charge in [0.2, 0.25) is 5.91 Å². The van der Waals surface area contributed by atoms with E-state index < -0.39 is 0 Å². The van der Waals surface area contributed by atoms with Crippen LogP contribution in [0.4, 0.5) is 0 Å². The van der Waals surface area contributed by atoms with Gasteiger partial charge in [-0.1, -0.05) is 0 Å². The van der Waals surface area contributed by atoms with E-state index in [1.807, 2.05) is 0 Å². The number of carbonyl (C=O) groups excluding carboxylic acids is 1. The average Bonchev–Trinajstić information content (AvgIpc) is 2.18. The Morgan fingerprint density at radius 3 is 2.46 bits per heavy atom. The van der Waals surface area contributed by atoms with Crippen LogP contribution in [-0.2, 0) is 7.86 Å². The van der Waals surface area contributed by atoms with Gasteiger partial charge >= 0.3 is 0 Å². The highest BCUT2D eigenvalue weighted by atomic mass is 127. The quantitative estimate of drug-likeness (QED) is 0.551. The molecule has 0 aromatic rings. The Balaban J connectivity index is 2.31. The second kappa shape index (κ2) is 5.32. The molecule has 1 rings (SSSR count). The number of carbonyl (C=O) groups is 1. The number of hydrogen-bond donors (Lipinski definition) is 0. The molecule has 74 valence electrons. The summed E-state index contributed by atoms with van der Waals surface area (Å²) in [5.74, 6) is -0.0417. The van der Waals surface area contributed by atoms with Gasteiger partial charge < -0.3 is 7.97 Å². The van der Waals surface area contributed by atoms with Crippen molar-refractivity contribution in [1.29, 1.82) is 0 Å². The maximum atomic E-state index is 11.3. The largest absolute Gasteiger partial charge is 0.337 e. The molecular formula is C6H10IN3O3. The van der Waals surface area contributed by atoms with E-state index in [4.69, 9.17) is 3.07 Å². The molecule has 0 radical (unpaired) electrons. The van der Waals surface area contributed by atoms with E-state index in [0.717, 1.165) is 0 Å². The summed E-state index contributed by atoms with van der Waals surface area (Å²) in [5.41, 5.74) is 0. The summed E-state index contributed by atoms with van der Waals surface area (Å²) in [6, 6.07) is 0. The molecule has 0 N–H and O–H groups in total. The van der Waals surface area contributed by atoms with E-state index in [1.165, 1.54) is 5.01 Å². The van der Waals surface area contributed by atoms with E-state index in [9.17, 15) is 9.70 Å². The van der Waals surface area contributed by atoms with Crippen molar-refractivity contribution in [3.63, 3.8) is 0 Å². The minimum Gasteiger partial charge on any atom is -0.337 e. The second-order valence-corrected chi connectivity index (χ2v) is 3.29. The van der Waals surface area contributed by atoms with E-state index >= 15 is 0 Å². The number of amides is 1. The molecule has 0 atom stereocenters. The van der Waals surface area contributed by atoms with E-state index in [-0.39, 0.29) is 12.5 Å². The van der Waals surface area contributed by atoms with E-state index in [1.54, 1.807) is 27.9 Å².